The maximum Gasteiger partial charge on any atom is 0.338 e. The van der Waals surface area contributed by atoms with Crippen molar-refractivity contribution in [3.05, 3.63) is 29.1 Å². The molecule has 0 bridgehead atoms. The molecule has 1 amide bonds. The highest BCUT2D eigenvalue weighted by molar-refractivity contribution is 7.87. The van der Waals surface area contributed by atoms with Crippen LogP contribution in [-0.4, -0.2) is 49.9 Å². The Hall–Kier alpha value is -2.20. The van der Waals surface area contributed by atoms with E-state index < -0.39 is 44.8 Å². The molecular weight excluding hydrogens is 367 g/mol. The molecule has 26 heavy (non-hydrogen) atoms. The number of carbonyl (C=O) groups is 2. The van der Waals surface area contributed by atoms with Gasteiger partial charge in [-0.15, -0.1) is 0 Å². The molecule has 2 fully saturated rings. The number of halogens is 1. The van der Waals surface area contributed by atoms with Gasteiger partial charge in [-0.2, -0.15) is 12.7 Å². The standard InChI is InChI=1S/C16H19FN2O6S/c1-25-13-11(3-2-10(12(13)17)15(21)22)14(20)18-26(23,24)19-8-6-16(4-5-16)7-9-19/h2-3H,4-9H2,1H3,(H,18,20)(H,21,22). The van der Waals surface area contributed by atoms with E-state index in [2.05, 4.69) is 0 Å². The van der Waals surface area contributed by atoms with Crippen LogP contribution in [0.1, 0.15) is 46.4 Å². The number of benzene rings is 1. The summed E-state index contributed by atoms with van der Waals surface area (Å²) >= 11 is 0. The number of carboxylic acids is 1. The maximum absolute atomic E-state index is 14.2. The zero-order chi connectivity index (χ0) is 19.1. The first-order valence-corrected chi connectivity index (χ1v) is 9.55. The molecule has 8 nitrogen and oxygen atoms in total. The smallest absolute Gasteiger partial charge is 0.338 e. The highest BCUT2D eigenvalue weighted by atomic mass is 32.2. The molecule has 0 aromatic heterocycles. The van der Waals surface area contributed by atoms with Gasteiger partial charge in [-0.3, -0.25) is 4.79 Å². The van der Waals surface area contributed by atoms with Crippen LogP contribution in [0.15, 0.2) is 12.1 Å². The predicted molar refractivity (Wildman–Crippen MR) is 88.8 cm³/mol. The van der Waals surface area contributed by atoms with Crippen LogP contribution in [0.5, 0.6) is 5.75 Å². The molecule has 1 spiro atoms. The highest BCUT2D eigenvalue weighted by Gasteiger charge is 2.46. The fraction of sp³-hybridized carbons (Fsp3) is 0.500. The normalized spacial score (nSPS) is 19.2. The van der Waals surface area contributed by atoms with Gasteiger partial charge in [0.15, 0.2) is 11.6 Å². The molecule has 10 heteroatoms. The Morgan fingerprint density at radius 3 is 2.27 bits per heavy atom. The Bertz CT molecular complexity index is 856. The molecule has 1 saturated carbocycles. The van der Waals surface area contributed by atoms with Crippen LogP contribution in [0.2, 0.25) is 0 Å². The first-order valence-electron chi connectivity index (χ1n) is 8.11. The van der Waals surface area contributed by atoms with Crippen molar-refractivity contribution in [1.82, 2.24) is 9.03 Å². The molecule has 1 aliphatic carbocycles. The summed E-state index contributed by atoms with van der Waals surface area (Å²) in [5.74, 6) is -4.46. The van der Waals surface area contributed by atoms with E-state index in [1.165, 1.54) is 4.31 Å². The zero-order valence-electron chi connectivity index (χ0n) is 14.1. The number of amides is 1. The zero-order valence-corrected chi connectivity index (χ0v) is 14.9. The van der Waals surface area contributed by atoms with Crippen LogP contribution in [-0.2, 0) is 10.2 Å². The third-order valence-corrected chi connectivity index (χ3v) is 6.57. The number of piperidine rings is 1. The first-order chi connectivity index (χ1) is 12.2. The molecule has 0 unspecified atom stereocenters. The van der Waals surface area contributed by atoms with Gasteiger partial charge >= 0.3 is 16.2 Å². The largest absolute Gasteiger partial charge is 0.493 e. The minimum Gasteiger partial charge on any atom is -0.493 e. The molecule has 2 N–H and O–H groups in total. The van der Waals surface area contributed by atoms with Crippen molar-refractivity contribution in [3.8, 4) is 5.75 Å². The van der Waals surface area contributed by atoms with Crippen molar-refractivity contribution in [2.45, 2.75) is 25.7 Å². The van der Waals surface area contributed by atoms with E-state index in [0.717, 1.165) is 44.9 Å². The second kappa shape index (κ2) is 6.51. The number of hydrogen-bond acceptors (Lipinski definition) is 5. The first kappa shape index (κ1) is 18.6. The topological polar surface area (TPSA) is 113 Å². The van der Waals surface area contributed by atoms with Crippen LogP contribution in [0.25, 0.3) is 0 Å². The molecule has 1 saturated heterocycles. The van der Waals surface area contributed by atoms with Gasteiger partial charge in [-0.05, 0) is 43.2 Å². The summed E-state index contributed by atoms with van der Waals surface area (Å²) in [6.45, 7) is 0.651. The Balaban J connectivity index is 1.79. The van der Waals surface area contributed by atoms with Gasteiger partial charge < -0.3 is 9.84 Å². The fourth-order valence-corrected chi connectivity index (χ4v) is 4.35. The summed E-state index contributed by atoms with van der Waals surface area (Å²) in [7, 11) is -3.01. The second-order valence-corrected chi connectivity index (χ2v) is 8.32. The Kier molecular flexibility index (Phi) is 4.65. The second-order valence-electron chi connectivity index (χ2n) is 6.65. The van der Waals surface area contributed by atoms with Crippen molar-refractivity contribution in [1.29, 1.82) is 0 Å². The molecule has 1 aromatic rings. The summed E-state index contributed by atoms with van der Waals surface area (Å²) in [5, 5.41) is 8.92. The number of carbonyl (C=O) groups excluding carboxylic acids is 1. The van der Waals surface area contributed by atoms with Gasteiger partial charge in [-0.1, -0.05) is 0 Å². The molecule has 1 aromatic carbocycles. The average Bonchev–Trinajstić information content (AvgIpc) is 3.33. The van der Waals surface area contributed by atoms with Gasteiger partial charge in [0.05, 0.1) is 18.2 Å². The van der Waals surface area contributed by atoms with E-state index in [1.54, 1.807) is 0 Å². The Morgan fingerprint density at radius 2 is 1.77 bits per heavy atom. The minimum absolute atomic E-state index is 0.273. The number of methoxy groups -OCH3 is 1. The van der Waals surface area contributed by atoms with Crippen molar-refractivity contribution in [3.63, 3.8) is 0 Å². The van der Waals surface area contributed by atoms with E-state index >= 15 is 0 Å². The predicted octanol–water partition coefficient (Wildman–Crippen LogP) is 1.38. The molecule has 2 aliphatic rings. The number of carboxylic acid groups (broad SMARTS) is 1. The lowest BCUT2D eigenvalue weighted by atomic mass is 9.95. The maximum atomic E-state index is 14.2. The molecular formula is C16H19FN2O6S. The van der Waals surface area contributed by atoms with Crippen LogP contribution < -0.4 is 9.46 Å². The molecule has 3 rings (SSSR count). The van der Waals surface area contributed by atoms with Gasteiger partial charge in [0, 0.05) is 13.1 Å². The molecule has 0 radical (unpaired) electrons. The number of nitrogens with zero attached hydrogens (tertiary/aromatic N) is 1. The summed E-state index contributed by atoms with van der Waals surface area (Å²) < 4.78 is 46.9. The van der Waals surface area contributed by atoms with Gasteiger partial charge in [0.1, 0.15) is 0 Å². The van der Waals surface area contributed by atoms with Crippen LogP contribution in [0.4, 0.5) is 4.39 Å². The molecule has 1 aliphatic heterocycles. The van der Waals surface area contributed by atoms with E-state index in [9.17, 15) is 22.4 Å². The van der Waals surface area contributed by atoms with E-state index in [1.807, 2.05) is 4.72 Å². The number of aromatic carboxylic acids is 1. The summed E-state index contributed by atoms with van der Waals surface area (Å²) in [6.07, 6.45) is 3.74. The monoisotopic (exact) mass is 386 g/mol. The van der Waals surface area contributed by atoms with Crippen molar-refractivity contribution >= 4 is 22.1 Å². The SMILES string of the molecule is COc1c(C(=O)NS(=O)(=O)N2CCC3(CC2)CC3)ccc(C(=O)O)c1F. The van der Waals surface area contributed by atoms with Crippen molar-refractivity contribution < 1.29 is 32.2 Å². The Labute approximate surface area is 150 Å². The number of rotatable bonds is 5. The van der Waals surface area contributed by atoms with E-state index in [-0.39, 0.29) is 5.41 Å². The fourth-order valence-electron chi connectivity index (χ4n) is 3.21. The van der Waals surface area contributed by atoms with E-state index in [0.29, 0.717) is 13.1 Å². The molecule has 1 heterocycles. The lowest BCUT2D eigenvalue weighted by molar-refractivity contribution is 0.0690. The third kappa shape index (κ3) is 3.38. The van der Waals surface area contributed by atoms with Crippen molar-refractivity contribution in [2.75, 3.05) is 20.2 Å². The van der Waals surface area contributed by atoms with Crippen LogP contribution in [0, 0.1) is 11.2 Å². The number of nitrogens with one attached hydrogen (secondary N) is 1. The quantitative estimate of drug-likeness (QED) is 0.791. The third-order valence-electron chi connectivity index (χ3n) is 5.08. The van der Waals surface area contributed by atoms with Gasteiger partial charge in [-0.25, -0.2) is 13.9 Å². The van der Waals surface area contributed by atoms with E-state index in [4.69, 9.17) is 9.84 Å². The molecule has 0 atom stereocenters. The number of hydrogen-bond donors (Lipinski definition) is 2. The summed E-state index contributed by atoms with van der Waals surface area (Å²) in [5.41, 5.74) is -0.795. The number of ether oxygens (including phenoxy) is 1. The van der Waals surface area contributed by atoms with Crippen LogP contribution >= 0.6 is 0 Å². The minimum atomic E-state index is -4.08. The molecule has 142 valence electrons. The van der Waals surface area contributed by atoms with Gasteiger partial charge in [0.25, 0.3) is 5.91 Å². The lowest BCUT2D eigenvalue weighted by Crippen LogP contribution is -2.47. The van der Waals surface area contributed by atoms with Crippen LogP contribution in [0.3, 0.4) is 0 Å². The Morgan fingerprint density at radius 1 is 1.19 bits per heavy atom. The summed E-state index contributed by atoms with van der Waals surface area (Å²) in [6, 6.07) is 1.91. The summed E-state index contributed by atoms with van der Waals surface area (Å²) in [4.78, 5) is 23.3. The average molecular weight is 386 g/mol. The van der Waals surface area contributed by atoms with Crippen molar-refractivity contribution in [2.24, 2.45) is 5.41 Å². The van der Waals surface area contributed by atoms with Gasteiger partial charge in [0.2, 0.25) is 0 Å². The lowest BCUT2D eigenvalue weighted by Gasteiger charge is -2.31. The highest BCUT2D eigenvalue weighted by Crippen LogP contribution is 2.53.